The van der Waals surface area contributed by atoms with Gasteiger partial charge < -0.3 is 0 Å². The predicted molar refractivity (Wildman–Crippen MR) is 71.7 cm³/mol. The molecule has 0 atom stereocenters. The van der Waals surface area contributed by atoms with Gasteiger partial charge in [-0.1, -0.05) is 0 Å². The summed E-state index contributed by atoms with van der Waals surface area (Å²) in [5.41, 5.74) is 5.01. The molecule has 0 aliphatic carbocycles. The second kappa shape index (κ2) is 5.68. The fourth-order valence-electron chi connectivity index (χ4n) is 1.66. The van der Waals surface area contributed by atoms with Gasteiger partial charge in [0.1, 0.15) is 0 Å². The van der Waals surface area contributed by atoms with Crippen LogP contribution in [-0.2, 0) is 5.32 Å². The minimum atomic E-state index is 0.0748. The van der Waals surface area contributed by atoms with Gasteiger partial charge in [-0.15, -0.1) is 0 Å². The number of benzene rings is 2. The Balaban J connectivity index is 2.18. The number of nitriles is 1. The molecule has 0 fully saturated rings. The number of aryl methyl sites for hydroxylation is 1. The molecule has 0 amide bonds. The summed E-state index contributed by atoms with van der Waals surface area (Å²) in [5.74, 6) is 0. The fourth-order valence-corrected chi connectivity index (χ4v) is 2.54. The van der Waals surface area contributed by atoms with Crippen LogP contribution in [0.25, 0.3) is 11.1 Å². The maximum absolute atomic E-state index is 8.56. The van der Waals surface area contributed by atoms with Gasteiger partial charge in [0.15, 0.2) is 0 Å². The molecule has 0 aromatic heterocycles. The average Bonchev–Trinajstić information content (AvgIpc) is 2.38. The quantitative estimate of drug-likeness (QED) is 0.794. The third-order valence-electron chi connectivity index (χ3n) is 2.64. The van der Waals surface area contributed by atoms with E-state index in [1.165, 1.54) is 22.3 Å². The van der Waals surface area contributed by atoms with Crippen LogP contribution in [0.1, 0.15) is 11.1 Å². The normalized spacial score (nSPS) is 9.88. The summed E-state index contributed by atoms with van der Waals surface area (Å²) in [6.45, 7) is 2.09. The molecule has 0 saturated carbocycles. The molecule has 0 aliphatic heterocycles. The Morgan fingerprint density at radius 1 is 0.941 bits per heavy atom. The monoisotopic (exact) mass is 287 g/mol. The van der Waals surface area contributed by atoms with Gasteiger partial charge in [0.25, 0.3) is 0 Å². The summed E-state index contributed by atoms with van der Waals surface area (Å²) in [4.78, 5) is 2.23. The van der Waals surface area contributed by atoms with Gasteiger partial charge in [0, 0.05) is 0 Å². The number of rotatable bonds is 3. The molecule has 0 radical (unpaired) electrons. The van der Waals surface area contributed by atoms with Gasteiger partial charge in [0.2, 0.25) is 0 Å². The number of nitrogens with zero attached hydrogens (tertiary/aromatic N) is 1. The average molecular weight is 286 g/mol. The Labute approximate surface area is 108 Å². The van der Waals surface area contributed by atoms with Crippen LogP contribution in [0, 0.1) is 17.2 Å². The van der Waals surface area contributed by atoms with E-state index in [1.807, 2.05) is 0 Å². The standard InChI is InChI=1S/C15H13NSe/c1-12-2-6-14(7-3-12)15-8-4-13(5-9-15)10-17-11-16/h2-9H,10H2,1H3. The first-order valence-electron chi connectivity index (χ1n) is 5.46. The Hall–Kier alpha value is -1.55. The third kappa shape index (κ3) is 3.20. The van der Waals surface area contributed by atoms with E-state index < -0.39 is 0 Å². The molecule has 2 heteroatoms. The van der Waals surface area contributed by atoms with Crippen LogP contribution < -0.4 is 0 Å². The molecule has 0 saturated heterocycles. The molecule has 0 heterocycles. The van der Waals surface area contributed by atoms with Crippen LogP contribution in [0.2, 0.25) is 0 Å². The molecule has 0 aliphatic rings. The van der Waals surface area contributed by atoms with Crippen molar-refractivity contribution in [3.05, 3.63) is 59.7 Å². The van der Waals surface area contributed by atoms with E-state index in [-0.39, 0.29) is 15.0 Å². The van der Waals surface area contributed by atoms with Gasteiger partial charge >= 0.3 is 108 Å². The summed E-state index contributed by atoms with van der Waals surface area (Å²) >= 11 is 0.0748. The van der Waals surface area contributed by atoms with Crippen molar-refractivity contribution in [3.63, 3.8) is 0 Å². The summed E-state index contributed by atoms with van der Waals surface area (Å²) in [5, 5.41) is 9.46. The van der Waals surface area contributed by atoms with Gasteiger partial charge in [-0.05, 0) is 0 Å². The molecule has 0 spiro atoms. The third-order valence-corrected chi connectivity index (χ3v) is 3.92. The van der Waals surface area contributed by atoms with Crippen molar-refractivity contribution < 1.29 is 0 Å². The first kappa shape index (κ1) is 11.9. The van der Waals surface area contributed by atoms with E-state index in [1.54, 1.807) is 0 Å². The number of hydrogen-bond acceptors (Lipinski definition) is 1. The zero-order chi connectivity index (χ0) is 12.1. The Bertz CT molecular complexity index is 520. The fraction of sp³-hybridized carbons (Fsp3) is 0.133. The van der Waals surface area contributed by atoms with E-state index in [9.17, 15) is 0 Å². The van der Waals surface area contributed by atoms with Gasteiger partial charge in [0.05, 0.1) is 0 Å². The Kier molecular flexibility index (Phi) is 3.98. The Morgan fingerprint density at radius 2 is 1.47 bits per heavy atom. The van der Waals surface area contributed by atoms with Gasteiger partial charge in [-0.2, -0.15) is 0 Å². The SMILES string of the molecule is Cc1ccc(-c2ccc(C[Se]C#N)cc2)cc1. The molecule has 2 rings (SSSR count). The zero-order valence-corrected chi connectivity index (χ0v) is 11.4. The van der Waals surface area contributed by atoms with Crippen LogP contribution >= 0.6 is 0 Å². The zero-order valence-electron chi connectivity index (χ0n) is 9.68. The van der Waals surface area contributed by atoms with Crippen molar-refractivity contribution >= 4 is 15.0 Å². The minimum absolute atomic E-state index is 0.0748. The molecule has 2 aromatic rings. The molecule has 17 heavy (non-hydrogen) atoms. The molecule has 1 nitrogen and oxygen atoms in total. The molecule has 0 unspecified atom stereocenters. The molecule has 0 bridgehead atoms. The first-order valence-corrected chi connectivity index (χ1v) is 7.53. The molecule has 84 valence electrons. The van der Waals surface area contributed by atoms with Crippen LogP contribution in [0.3, 0.4) is 0 Å². The maximum atomic E-state index is 8.56. The molecule has 2 aromatic carbocycles. The van der Waals surface area contributed by atoms with E-state index >= 15 is 0 Å². The van der Waals surface area contributed by atoms with Crippen molar-refractivity contribution in [2.24, 2.45) is 0 Å². The summed E-state index contributed by atoms with van der Waals surface area (Å²) in [6.07, 6.45) is 0. The molecular weight excluding hydrogens is 273 g/mol. The second-order valence-electron chi connectivity index (χ2n) is 3.94. The summed E-state index contributed by atoms with van der Waals surface area (Å²) in [6, 6.07) is 17.0. The predicted octanol–water partition coefficient (Wildman–Crippen LogP) is 3.35. The first-order chi connectivity index (χ1) is 8.29. The van der Waals surface area contributed by atoms with E-state index in [2.05, 4.69) is 60.4 Å². The van der Waals surface area contributed by atoms with Gasteiger partial charge in [-0.3, -0.25) is 0 Å². The van der Waals surface area contributed by atoms with Crippen molar-refractivity contribution in [2.75, 3.05) is 0 Å². The van der Waals surface area contributed by atoms with Crippen LogP contribution in [0.4, 0.5) is 0 Å². The summed E-state index contributed by atoms with van der Waals surface area (Å²) in [7, 11) is 0. The summed E-state index contributed by atoms with van der Waals surface area (Å²) < 4.78 is 0. The van der Waals surface area contributed by atoms with Crippen molar-refractivity contribution in [1.29, 1.82) is 5.26 Å². The van der Waals surface area contributed by atoms with E-state index in [4.69, 9.17) is 5.26 Å². The second-order valence-corrected chi connectivity index (χ2v) is 5.54. The van der Waals surface area contributed by atoms with E-state index in [0.717, 1.165) is 5.32 Å². The number of hydrogen-bond donors (Lipinski definition) is 0. The van der Waals surface area contributed by atoms with Crippen molar-refractivity contribution in [2.45, 2.75) is 12.2 Å². The molecule has 0 N–H and O–H groups in total. The van der Waals surface area contributed by atoms with Crippen molar-refractivity contribution in [1.82, 2.24) is 0 Å². The topological polar surface area (TPSA) is 23.8 Å². The van der Waals surface area contributed by atoms with Crippen LogP contribution in [-0.4, -0.2) is 15.0 Å². The van der Waals surface area contributed by atoms with E-state index in [0.29, 0.717) is 0 Å². The van der Waals surface area contributed by atoms with Crippen LogP contribution in [0.5, 0.6) is 0 Å². The van der Waals surface area contributed by atoms with Crippen LogP contribution in [0.15, 0.2) is 48.5 Å². The van der Waals surface area contributed by atoms with Crippen molar-refractivity contribution in [3.8, 4) is 16.1 Å². The molecular formula is C15H13NSe. The Morgan fingerprint density at radius 3 is 2.00 bits per heavy atom. The van der Waals surface area contributed by atoms with Gasteiger partial charge in [-0.25, -0.2) is 0 Å².